The highest BCUT2D eigenvalue weighted by atomic mass is 35.5. The summed E-state index contributed by atoms with van der Waals surface area (Å²) in [7, 11) is 0. The van der Waals surface area contributed by atoms with E-state index in [2.05, 4.69) is 27.5 Å². The molecule has 0 unspecified atom stereocenters. The van der Waals surface area contributed by atoms with E-state index < -0.39 is 0 Å². The number of nitrogens with zero attached hydrogens (tertiary/aromatic N) is 3. The normalized spacial score (nSPS) is 11.3. The number of alkyl halides is 1. The standard InChI is InChI=1S/C15H22ClN3/c1-3-4-5-6-11-19-14(9-10-16)18-13-8-7-12(2)17-15(13)19/h7-8H,3-6,9-11H2,1-2H3. The Hall–Kier alpha value is -1.09. The smallest absolute Gasteiger partial charge is 0.160 e. The van der Waals surface area contributed by atoms with Crippen LogP contribution in [0.25, 0.3) is 11.2 Å². The predicted molar refractivity (Wildman–Crippen MR) is 80.8 cm³/mol. The Balaban J connectivity index is 2.25. The first-order valence-corrected chi connectivity index (χ1v) is 7.68. The third kappa shape index (κ3) is 3.47. The van der Waals surface area contributed by atoms with Crippen LogP contribution in [0.2, 0.25) is 0 Å². The van der Waals surface area contributed by atoms with E-state index in [0.29, 0.717) is 5.88 Å². The predicted octanol–water partition coefficient (Wildman–Crippen LogP) is 4.10. The largest absolute Gasteiger partial charge is 0.313 e. The molecular weight excluding hydrogens is 258 g/mol. The van der Waals surface area contributed by atoms with Gasteiger partial charge in [0.1, 0.15) is 11.3 Å². The van der Waals surface area contributed by atoms with Crippen LogP contribution in [0.4, 0.5) is 0 Å². The number of aromatic nitrogens is 3. The van der Waals surface area contributed by atoms with Gasteiger partial charge in [0.25, 0.3) is 0 Å². The molecule has 0 fully saturated rings. The number of imidazole rings is 1. The van der Waals surface area contributed by atoms with Crippen molar-refractivity contribution in [2.24, 2.45) is 0 Å². The first-order valence-electron chi connectivity index (χ1n) is 7.15. The van der Waals surface area contributed by atoms with E-state index in [-0.39, 0.29) is 0 Å². The maximum absolute atomic E-state index is 5.88. The maximum atomic E-state index is 5.88. The quantitative estimate of drug-likeness (QED) is 0.564. The molecule has 0 bridgehead atoms. The van der Waals surface area contributed by atoms with E-state index in [1.54, 1.807) is 0 Å². The van der Waals surface area contributed by atoms with Crippen molar-refractivity contribution in [1.82, 2.24) is 14.5 Å². The third-order valence-electron chi connectivity index (χ3n) is 3.36. The van der Waals surface area contributed by atoms with Gasteiger partial charge in [0, 0.05) is 24.5 Å². The summed E-state index contributed by atoms with van der Waals surface area (Å²) in [5.41, 5.74) is 3.04. The van der Waals surface area contributed by atoms with Crippen LogP contribution in [-0.2, 0) is 13.0 Å². The van der Waals surface area contributed by atoms with E-state index in [0.717, 1.165) is 35.6 Å². The number of pyridine rings is 1. The van der Waals surface area contributed by atoms with Gasteiger partial charge in [0.05, 0.1) is 0 Å². The highest BCUT2D eigenvalue weighted by Gasteiger charge is 2.11. The van der Waals surface area contributed by atoms with Crippen LogP contribution in [-0.4, -0.2) is 20.4 Å². The van der Waals surface area contributed by atoms with Crippen LogP contribution >= 0.6 is 11.6 Å². The van der Waals surface area contributed by atoms with Crippen LogP contribution < -0.4 is 0 Å². The van der Waals surface area contributed by atoms with Crippen molar-refractivity contribution in [3.63, 3.8) is 0 Å². The summed E-state index contributed by atoms with van der Waals surface area (Å²) in [4.78, 5) is 9.29. The first-order chi connectivity index (χ1) is 9.26. The molecule has 0 N–H and O–H groups in total. The monoisotopic (exact) mass is 279 g/mol. The number of halogens is 1. The van der Waals surface area contributed by atoms with Crippen molar-refractivity contribution < 1.29 is 0 Å². The lowest BCUT2D eigenvalue weighted by molar-refractivity contribution is 0.574. The number of unbranched alkanes of at least 4 members (excludes halogenated alkanes) is 3. The van der Waals surface area contributed by atoms with Gasteiger partial charge in [-0.1, -0.05) is 26.2 Å². The summed E-state index contributed by atoms with van der Waals surface area (Å²) in [6, 6.07) is 4.07. The molecule has 0 radical (unpaired) electrons. The summed E-state index contributed by atoms with van der Waals surface area (Å²) in [5, 5.41) is 0. The lowest BCUT2D eigenvalue weighted by Gasteiger charge is -2.07. The molecule has 19 heavy (non-hydrogen) atoms. The summed E-state index contributed by atoms with van der Waals surface area (Å²) >= 11 is 5.88. The van der Waals surface area contributed by atoms with Gasteiger partial charge in [-0.05, 0) is 25.5 Å². The molecular formula is C15H22ClN3. The molecule has 4 heteroatoms. The number of aryl methyl sites for hydroxylation is 3. The first kappa shape index (κ1) is 14.3. The van der Waals surface area contributed by atoms with Gasteiger partial charge in [0.2, 0.25) is 0 Å². The zero-order chi connectivity index (χ0) is 13.7. The molecule has 0 aromatic carbocycles. The molecule has 0 atom stereocenters. The second kappa shape index (κ2) is 6.90. The van der Waals surface area contributed by atoms with Crippen molar-refractivity contribution in [3.8, 4) is 0 Å². The molecule has 0 aliphatic rings. The Morgan fingerprint density at radius 3 is 2.74 bits per heavy atom. The van der Waals surface area contributed by atoms with Crippen molar-refractivity contribution in [2.45, 2.75) is 52.5 Å². The SMILES string of the molecule is CCCCCCn1c(CCCl)nc2ccc(C)nc21. The zero-order valence-corrected chi connectivity index (χ0v) is 12.6. The van der Waals surface area contributed by atoms with E-state index in [1.807, 2.05) is 13.0 Å². The molecule has 2 aromatic rings. The van der Waals surface area contributed by atoms with Gasteiger partial charge >= 0.3 is 0 Å². The maximum Gasteiger partial charge on any atom is 0.160 e. The molecule has 0 aliphatic heterocycles. The van der Waals surface area contributed by atoms with Crippen molar-refractivity contribution in [1.29, 1.82) is 0 Å². The third-order valence-corrected chi connectivity index (χ3v) is 3.55. The molecule has 0 saturated carbocycles. The van der Waals surface area contributed by atoms with Crippen LogP contribution in [0.15, 0.2) is 12.1 Å². The van der Waals surface area contributed by atoms with Crippen molar-refractivity contribution in [3.05, 3.63) is 23.7 Å². The summed E-state index contributed by atoms with van der Waals surface area (Å²) in [6.07, 6.45) is 5.82. The van der Waals surface area contributed by atoms with Gasteiger partial charge in [-0.3, -0.25) is 0 Å². The second-order valence-electron chi connectivity index (χ2n) is 4.97. The number of hydrogen-bond acceptors (Lipinski definition) is 2. The van der Waals surface area contributed by atoms with Gasteiger partial charge in [0.15, 0.2) is 5.65 Å². The van der Waals surface area contributed by atoms with Gasteiger partial charge in [-0.2, -0.15) is 0 Å². The van der Waals surface area contributed by atoms with Gasteiger partial charge in [-0.15, -0.1) is 11.6 Å². The van der Waals surface area contributed by atoms with E-state index in [9.17, 15) is 0 Å². The lowest BCUT2D eigenvalue weighted by Crippen LogP contribution is -2.06. The minimum atomic E-state index is 0.608. The van der Waals surface area contributed by atoms with Crippen molar-refractivity contribution in [2.75, 3.05) is 5.88 Å². The lowest BCUT2D eigenvalue weighted by atomic mass is 10.2. The van der Waals surface area contributed by atoms with E-state index >= 15 is 0 Å². The minimum Gasteiger partial charge on any atom is -0.313 e. The van der Waals surface area contributed by atoms with Gasteiger partial charge < -0.3 is 4.57 Å². The molecule has 104 valence electrons. The molecule has 2 aromatic heterocycles. The van der Waals surface area contributed by atoms with Crippen LogP contribution in [0.5, 0.6) is 0 Å². The molecule has 0 aliphatic carbocycles. The van der Waals surface area contributed by atoms with Crippen LogP contribution in [0, 0.1) is 6.92 Å². The molecule has 3 nitrogen and oxygen atoms in total. The van der Waals surface area contributed by atoms with Crippen LogP contribution in [0.3, 0.4) is 0 Å². The Morgan fingerprint density at radius 2 is 2.00 bits per heavy atom. The highest BCUT2D eigenvalue weighted by Crippen LogP contribution is 2.17. The average molecular weight is 280 g/mol. The van der Waals surface area contributed by atoms with Crippen LogP contribution in [0.1, 0.15) is 44.1 Å². The Kier molecular flexibility index (Phi) is 5.20. The fourth-order valence-corrected chi connectivity index (χ4v) is 2.52. The second-order valence-corrected chi connectivity index (χ2v) is 5.35. The van der Waals surface area contributed by atoms with Gasteiger partial charge in [-0.25, -0.2) is 9.97 Å². The summed E-state index contributed by atoms with van der Waals surface area (Å²) < 4.78 is 2.25. The van der Waals surface area contributed by atoms with Crippen molar-refractivity contribution >= 4 is 22.8 Å². The summed E-state index contributed by atoms with van der Waals surface area (Å²) in [5.74, 6) is 1.68. The topological polar surface area (TPSA) is 30.7 Å². The fourth-order valence-electron chi connectivity index (χ4n) is 2.35. The molecule has 2 rings (SSSR count). The zero-order valence-electron chi connectivity index (χ0n) is 11.8. The summed E-state index contributed by atoms with van der Waals surface area (Å²) in [6.45, 7) is 5.25. The van der Waals surface area contributed by atoms with E-state index in [4.69, 9.17) is 11.6 Å². The molecule has 0 spiro atoms. The molecule has 0 amide bonds. The fraction of sp³-hybridized carbons (Fsp3) is 0.600. The number of rotatable bonds is 7. The minimum absolute atomic E-state index is 0.608. The Bertz CT molecular complexity index is 533. The van der Waals surface area contributed by atoms with E-state index in [1.165, 1.54) is 25.7 Å². The molecule has 2 heterocycles. The Labute approximate surface area is 120 Å². The Morgan fingerprint density at radius 1 is 1.16 bits per heavy atom. The molecule has 0 saturated heterocycles. The number of fused-ring (bicyclic) bond motifs is 1. The average Bonchev–Trinajstić information content (AvgIpc) is 2.73. The number of hydrogen-bond donors (Lipinski definition) is 0. The highest BCUT2D eigenvalue weighted by molar-refractivity contribution is 6.17.